The maximum atomic E-state index is 12.6. The van der Waals surface area contributed by atoms with E-state index in [0.717, 1.165) is 12.1 Å². The van der Waals surface area contributed by atoms with Crippen molar-refractivity contribution in [1.29, 1.82) is 0 Å². The van der Waals surface area contributed by atoms with E-state index >= 15 is 0 Å². The number of anilines is 1. The predicted molar refractivity (Wildman–Crippen MR) is 89.6 cm³/mol. The molecule has 1 saturated heterocycles. The van der Waals surface area contributed by atoms with Gasteiger partial charge in [-0.2, -0.15) is 5.10 Å². The van der Waals surface area contributed by atoms with Gasteiger partial charge in [0.1, 0.15) is 18.2 Å². The smallest absolute Gasteiger partial charge is 0.250 e. The van der Waals surface area contributed by atoms with Crippen LogP contribution in [0.2, 0.25) is 0 Å². The molecule has 1 atom stereocenters. The van der Waals surface area contributed by atoms with Gasteiger partial charge in [-0.3, -0.25) is 9.59 Å². The molecular formula is C17H21N5O2. The second kappa shape index (κ2) is 6.43. The van der Waals surface area contributed by atoms with Crippen molar-refractivity contribution in [3.63, 3.8) is 0 Å². The molecule has 0 spiro atoms. The lowest BCUT2D eigenvalue weighted by molar-refractivity contribution is -0.154. The second-order valence-corrected chi connectivity index (χ2v) is 6.16. The molecule has 1 unspecified atom stereocenters. The fourth-order valence-electron chi connectivity index (χ4n) is 2.85. The summed E-state index contributed by atoms with van der Waals surface area (Å²) in [6.07, 6.45) is 5.03. The molecular weight excluding hydrogens is 306 g/mol. The summed E-state index contributed by atoms with van der Waals surface area (Å²) in [6, 6.07) is 7.34. The van der Waals surface area contributed by atoms with Crippen molar-refractivity contribution in [2.45, 2.75) is 38.6 Å². The number of carbonyl (C=O) groups excluding carboxylic acids is 2. The first kappa shape index (κ1) is 16.2. The number of benzene rings is 1. The molecule has 2 amide bonds. The van der Waals surface area contributed by atoms with Gasteiger partial charge in [0.15, 0.2) is 0 Å². The highest BCUT2D eigenvalue weighted by molar-refractivity contribution is 6.01. The van der Waals surface area contributed by atoms with Crippen LogP contribution >= 0.6 is 0 Å². The van der Waals surface area contributed by atoms with Crippen LogP contribution in [0.5, 0.6) is 0 Å². The normalized spacial score (nSPS) is 19.7. The van der Waals surface area contributed by atoms with E-state index in [4.69, 9.17) is 0 Å². The molecule has 1 N–H and O–H groups in total. The highest BCUT2D eigenvalue weighted by Gasteiger charge is 2.48. The lowest BCUT2D eigenvalue weighted by atomic mass is 9.85. The molecule has 3 rings (SSSR count). The Hall–Kier alpha value is -2.70. The molecule has 1 aromatic carbocycles. The topological polar surface area (TPSA) is 80.1 Å². The SMILES string of the molecule is CCCC(=O)N1CCC1(C)C(=O)Nc1ccc(-n2cncn2)cc1. The molecule has 1 aliphatic rings. The number of likely N-dealkylation sites (tertiary alicyclic amines) is 1. The third kappa shape index (κ3) is 2.89. The zero-order valence-corrected chi connectivity index (χ0v) is 13.9. The van der Waals surface area contributed by atoms with Gasteiger partial charge in [-0.15, -0.1) is 0 Å². The first-order valence-corrected chi connectivity index (χ1v) is 8.11. The number of aromatic nitrogens is 3. The Bertz CT molecular complexity index is 726. The van der Waals surface area contributed by atoms with Gasteiger partial charge >= 0.3 is 0 Å². The van der Waals surface area contributed by atoms with E-state index in [9.17, 15) is 9.59 Å². The number of carbonyl (C=O) groups is 2. The molecule has 0 saturated carbocycles. The second-order valence-electron chi connectivity index (χ2n) is 6.16. The van der Waals surface area contributed by atoms with Gasteiger partial charge in [0, 0.05) is 18.7 Å². The summed E-state index contributed by atoms with van der Waals surface area (Å²) in [5, 5.41) is 6.97. The number of hydrogen-bond acceptors (Lipinski definition) is 4. The van der Waals surface area contributed by atoms with Crippen molar-refractivity contribution in [2.24, 2.45) is 0 Å². The van der Waals surface area contributed by atoms with Gasteiger partial charge in [0.05, 0.1) is 5.69 Å². The maximum Gasteiger partial charge on any atom is 0.250 e. The Morgan fingerprint density at radius 1 is 1.29 bits per heavy atom. The third-order valence-electron chi connectivity index (χ3n) is 4.48. The molecule has 1 aromatic heterocycles. The summed E-state index contributed by atoms with van der Waals surface area (Å²) < 4.78 is 1.64. The number of hydrogen-bond donors (Lipinski definition) is 1. The van der Waals surface area contributed by atoms with Crippen molar-refractivity contribution in [2.75, 3.05) is 11.9 Å². The average Bonchev–Trinajstić information content (AvgIpc) is 3.08. The van der Waals surface area contributed by atoms with Gasteiger partial charge in [-0.05, 0) is 44.0 Å². The fourth-order valence-corrected chi connectivity index (χ4v) is 2.85. The van der Waals surface area contributed by atoms with E-state index in [0.29, 0.717) is 25.1 Å². The standard InChI is InChI=1S/C17H21N5O2/c1-3-4-15(23)21-10-9-17(21,2)16(24)20-13-5-7-14(8-6-13)22-12-18-11-19-22/h5-8,11-12H,3-4,9-10H2,1-2H3,(H,20,24). The minimum atomic E-state index is -0.753. The third-order valence-corrected chi connectivity index (χ3v) is 4.48. The molecule has 126 valence electrons. The Balaban J connectivity index is 1.67. The highest BCUT2D eigenvalue weighted by Crippen LogP contribution is 2.32. The van der Waals surface area contributed by atoms with Gasteiger partial charge in [-0.25, -0.2) is 9.67 Å². The summed E-state index contributed by atoms with van der Waals surface area (Å²) in [5.74, 6) is -0.102. The largest absolute Gasteiger partial charge is 0.328 e. The van der Waals surface area contributed by atoms with Crippen molar-refractivity contribution in [1.82, 2.24) is 19.7 Å². The monoisotopic (exact) mass is 327 g/mol. The molecule has 1 fully saturated rings. The Morgan fingerprint density at radius 2 is 2.04 bits per heavy atom. The van der Waals surface area contributed by atoms with Crippen LogP contribution in [0.4, 0.5) is 5.69 Å². The Labute approximate surface area is 140 Å². The van der Waals surface area contributed by atoms with E-state index in [1.807, 2.05) is 38.1 Å². The van der Waals surface area contributed by atoms with Gasteiger partial charge in [0.25, 0.3) is 0 Å². The van der Waals surface area contributed by atoms with Crippen LogP contribution in [0.3, 0.4) is 0 Å². The van der Waals surface area contributed by atoms with E-state index < -0.39 is 5.54 Å². The van der Waals surface area contributed by atoms with Crippen LogP contribution in [0.25, 0.3) is 5.69 Å². The number of rotatable bonds is 5. The lowest BCUT2D eigenvalue weighted by Crippen LogP contribution is -2.66. The minimum Gasteiger partial charge on any atom is -0.328 e. The molecule has 24 heavy (non-hydrogen) atoms. The van der Waals surface area contributed by atoms with Crippen molar-refractivity contribution < 1.29 is 9.59 Å². The number of amides is 2. The lowest BCUT2D eigenvalue weighted by Gasteiger charge is -2.49. The highest BCUT2D eigenvalue weighted by atomic mass is 16.2. The number of nitrogens with one attached hydrogen (secondary N) is 1. The molecule has 7 nitrogen and oxygen atoms in total. The minimum absolute atomic E-state index is 0.0444. The van der Waals surface area contributed by atoms with E-state index in [2.05, 4.69) is 15.4 Å². The molecule has 7 heteroatoms. The van der Waals surface area contributed by atoms with Crippen LogP contribution in [-0.2, 0) is 9.59 Å². The fraction of sp³-hybridized carbons (Fsp3) is 0.412. The number of nitrogens with zero attached hydrogens (tertiary/aromatic N) is 4. The van der Waals surface area contributed by atoms with E-state index in [-0.39, 0.29) is 11.8 Å². The summed E-state index contributed by atoms with van der Waals surface area (Å²) in [7, 11) is 0. The summed E-state index contributed by atoms with van der Waals surface area (Å²) in [4.78, 5) is 30.3. The summed E-state index contributed by atoms with van der Waals surface area (Å²) in [5.41, 5.74) is 0.802. The summed E-state index contributed by atoms with van der Waals surface area (Å²) in [6.45, 7) is 4.43. The zero-order chi connectivity index (χ0) is 17.2. The first-order valence-electron chi connectivity index (χ1n) is 8.11. The van der Waals surface area contributed by atoms with E-state index in [1.54, 1.807) is 15.9 Å². The van der Waals surface area contributed by atoms with Crippen molar-refractivity contribution in [3.8, 4) is 5.69 Å². The van der Waals surface area contributed by atoms with Crippen molar-refractivity contribution in [3.05, 3.63) is 36.9 Å². The Morgan fingerprint density at radius 3 is 2.58 bits per heavy atom. The quantitative estimate of drug-likeness (QED) is 0.911. The van der Waals surface area contributed by atoms with Gasteiger partial charge in [0.2, 0.25) is 11.8 Å². The molecule has 2 aromatic rings. The van der Waals surface area contributed by atoms with Crippen LogP contribution in [-0.4, -0.2) is 43.6 Å². The van der Waals surface area contributed by atoms with Crippen LogP contribution in [0.15, 0.2) is 36.9 Å². The summed E-state index contributed by atoms with van der Waals surface area (Å²) >= 11 is 0. The van der Waals surface area contributed by atoms with Crippen LogP contribution < -0.4 is 5.32 Å². The Kier molecular flexibility index (Phi) is 4.33. The predicted octanol–water partition coefficient (Wildman–Crippen LogP) is 2.00. The zero-order valence-electron chi connectivity index (χ0n) is 13.9. The first-order chi connectivity index (χ1) is 11.5. The molecule has 0 radical (unpaired) electrons. The maximum absolute atomic E-state index is 12.6. The molecule has 2 heterocycles. The van der Waals surface area contributed by atoms with Crippen LogP contribution in [0, 0.1) is 0 Å². The molecule has 0 aliphatic carbocycles. The van der Waals surface area contributed by atoms with E-state index in [1.165, 1.54) is 6.33 Å². The van der Waals surface area contributed by atoms with Gasteiger partial charge in [-0.1, -0.05) is 6.92 Å². The average molecular weight is 327 g/mol. The molecule has 1 aliphatic heterocycles. The molecule has 0 bridgehead atoms. The van der Waals surface area contributed by atoms with Crippen LogP contribution in [0.1, 0.15) is 33.1 Å². The van der Waals surface area contributed by atoms with Gasteiger partial charge < -0.3 is 10.2 Å². The van der Waals surface area contributed by atoms with Crippen molar-refractivity contribution >= 4 is 17.5 Å².